The Balaban J connectivity index is 1.53. The van der Waals surface area contributed by atoms with E-state index in [1.165, 1.54) is 16.8 Å². The summed E-state index contributed by atoms with van der Waals surface area (Å²) in [4.78, 5) is 32.2. The summed E-state index contributed by atoms with van der Waals surface area (Å²) in [6.07, 6.45) is 6.09. The van der Waals surface area contributed by atoms with Crippen molar-refractivity contribution in [3.8, 4) is 11.1 Å². The van der Waals surface area contributed by atoms with E-state index in [2.05, 4.69) is 31.0 Å². The van der Waals surface area contributed by atoms with E-state index < -0.39 is 0 Å². The lowest BCUT2D eigenvalue weighted by atomic mass is 10.00. The largest absolute Gasteiger partial charge is 0.350 e. The Bertz CT molecular complexity index is 1350. The van der Waals surface area contributed by atoms with Crippen LogP contribution in [0, 0.1) is 20.8 Å². The second-order valence-electron chi connectivity index (χ2n) is 7.62. The van der Waals surface area contributed by atoms with Gasteiger partial charge in [-0.2, -0.15) is 4.52 Å². The third-order valence-corrected chi connectivity index (χ3v) is 5.49. The van der Waals surface area contributed by atoms with E-state index in [0.29, 0.717) is 12.2 Å². The van der Waals surface area contributed by atoms with Crippen molar-refractivity contribution < 1.29 is 0 Å². The van der Waals surface area contributed by atoms with Crippen molar-refractivity contribution in [2.75, 3.05) is 11.4 Å². The van der Waals surface area contributed by atoms with Gasteiger partial charge in [-0.15, -0.1) is 5.10 Å². The average Bonchev–Trinajstić information content (AvgIpc) is 2.73. The maximum Gasteiger partial charge on any atom is 0.274 e. The van der Waals surface area contributed by atoms with Crippen LogP contribution in [0.2, 0.25) is 0 Å². The summed E-state index contributed by atoms with van der Waals surface area (Å²) in [6, 6.07) is 5.49. The van der Waals surface area contributed by atoms with Gasteiger partial charge in [-0.1, -0.05) is 0 Å². The highest BCUT2D eigenvalue weighted by Gasteiger charge is 2.22. The molecule has 8 heteroatoms. The molecule has 0 N–H and O–H groups in total. The zero-order valence-corrected chi connectivity index (χ0v) is 17.1. The Morgan fingerprint density at radius 2 is 1.90 bits per heavy atom. The van der Waals surface area contributed by atoms with Crippen LogP contribution in [0.25, 0.3) is 16.8 Å². The smallest absolute Gasteiger partial charge is 0.274 e. The van der Waals surface area contributed by atoms with Crippen molar-refractivity contribution in [3.05, 3.63) is 75.5 Å². The molecule has 0 saturated heterocycles. The molecule has 0 saturated carbocycles. The van der Waals surface area contributed by atoms with Gasteiger partial charge in [0.2, 0.25) is 0 Å². The van der Waals surface area contributed by atoms with Crippen LogP contribution in [0.3, 0.4) is 0 Å². The molecule has 0 aromatic carbocycles. The highest BCUT2D eigenvalue weighted by atomic mass is 16.1. The zero-order chi connectivity index (χ0) is 20.8. The average molecular weight is 399 g/mol. The van der Waals surface area contributed by atoms with Crippen LogP contribution < -0.4 is 10.5 Å². The highest BCUT2D eigenvalue weighted by Crippen LogP contribution is 2.28. The van der Waals surface area contributed by atoms with E-state index in [9.17, 15) is 4.79 Å². The topological polar surface area (TPSA) is 89.2 Å². The van der Waals surface area contributed by atoms with E-state index in [0.717, 1.165) is 58.2 Å². The molecule has 0 amide bonds. The van der Waals surface area contributed by atoms with Crippen LogP contribution in [0.4, 0.5) is 5.82 Å². The molecule has 0 radical (unpaired) electrons. The van der Waals surface area contributed by atoms with Gasteiger partial charge in [-0.25, -0.2) is 15.0 Å². The fourth-order valence-corrected chi connectivity index (χ4v) is 3.98. The van der Waals surface area contributed by atoms with Crippen LogP contribution >= 0.6 is 0 Å². The first-order chi connectivity index (χ1) is 14.5. The number of rotatable bonds is 2. The van der Waals surface area contributed by atoms with Gasteiger partial charge < -0.3 is 4.90 Å². The van der Waals surface area contributed by atoms with Gasteiger partial charge in [0.05, 0.1) is 0 Å². The Morgan fingerprint density at radius 3 is 2.73 bits per heavy atom. The van der Waals surface area contributed by atoms with Crippen LogP contribution in [0.5, 0.6) is 0 Å². The van der Waals surface area contributed by atoms with E-state index in [4.69, 9.17) is 4.98 Å². The van der Waals surface area contributed by atoms with E-state index in [1.807, 2.05) is 39.2 Å². The Labute approximate surface area is 173 Å². The monoisotopic (exact) mass is 399 g/mol. The van der Waals surface area contributed by atoms with Crippen LogP contribution in [-0.2, 0) is 13.0 Å². The second kappa shape index (κ2) is 6.98. The van der Waals surface area contributed by atoms with Crippen molar-refractivity contribution in [1.29, 1.82) is 0 Å². The molecule has 0 aliphatic carbocycles. The molecule has 1 aliphatic heterocycles. The zero-order valence-electron chi connectivity index (χ0n) is 17.1. The fourth-order valence-electron chi connectivity index (χ4n) is 3.98. The molecule has 0 atom stereocenters. The van der Waals surface area contributed by atoms with Crippen molar-refractivity contribution in [3.63, 3.8) is 0 Å². The molecule has 0 fully saturated rings. The normalized spacial score (nSPS) is 13.5. The molecule has 0 spiro atoms. The number of fused-ring (bicyclic) bond motifs is 2. The van der Waals surface area contributed by atoms with Gasteiger partial charge >= 0.3 is 0 Å². The second-order valence-corrected chi connectivity index (χ2v) is 7.62. The van der Waals surface area contributed by atoms with Crippen molar-refractivity contribution in [2.24, 2.45) is 0 Å². The maximum atomic E-state index is 12.2. The third-order valence-electron chi connectivity index (χ3n) is 5.49. The lowest BCUT2D eigenvalue weighted by Crippen LogP contribution is -2.33. The van der Waals surface area contributed by atoms with E-state index in [-0.39, 0.29) is 5.56 Å². The number of aromatic nitrogens is 6. The Hall–Kier alpha value is -3.68. The minimum absolute atomic E-state index is 0.183. The minimum atomic E-state index is -0.183. The number of nitrogens with zero attached hydrogens (tertiary/aromatic N) is 7. The molecule has 0 unspecified atom stereocenters. The summed E-state index contributed by atoms with van der Waals surface area (Å²) in [7, 11) is 0. The predicted molar refractivity (Wildman–Crippen MR) is 113 cm³/mol. The fraction of sp³-hybridized carbons (Fsp3) is 0.273. The van der Waals surface area contributed by atoms with Gasteiger partial charge in [0.25, 0.3) is 5.56 Å². The quantitative estimate of drug-likeness (QED) is 0.511. The summed E-state index contributed by atoms with van der Waals surface area (Å²) in [6.45, 7) is 7.35. The van der Waals surface area contributed by atoms with Crippen LogP contribution in [-0.4, -0.2) is 36.1 Å². The molecule has 0 bridgehead atoms. The van der Waals surface area contributed by atoms with Gasteiger partial charge in [0.15, 0.2) is 11.5 Å². The molecule has 5 heterocycles. The van der Waals surface area contributed by atoms with Crippen molar-refractivity contribution in [1.82, 2.24) is 29.5 Å². The first-order valence-corrected chi connectivity index (χ1v) is 9.88. The van der Waals surface area contributed by atoms with E-state index >= 15 is 0 Å². The number of anilines is 1. The summed E-state index contributed by atoms with van der Waals surface area (Å²) in [5.74, 6) is 1.56. The Morgan fingerprint density at radius 1 is 1.03 bits per heavy atom. The number of hydrogen-bond acceptors (Lipinski definition) is 7. The minimum Gasteiger partial charge on any atom is -0.350 e. The Kier molecular flexibility index (Phi) is 4.27. The number of aryl methyl sites for hydroxylation is 3. The highest BCUT2D eigenvalue weighted by molar-refractivity contribution is 5.65. The third kappa shape index (κ3) is 3.10. The summed E-state index contributed by atoms with van der Waals surface area (Å²) in [5.41, 5.74) is 6.55. The summed E-state index contributed by atoms with van der Waals surface area (Å²) >= 11 is 0. The van der Waals surface area contributed by atoms with Crippen molar-refractivity contribution in [2.45, 2.75) is 33.7 Å². The molecular weight excluding hydrogens is 378 g/mol. The van der Waals surface area contributed by atoms with Crippen LogP contribution in [0.1, 0.15) is 28.3 Å². The molecule has 150 valence electrons. The molecule has 1 aliphatic rings. The standard InChI is InChI=1S/C22H21N7O/c1-13-8-20-23-6-4-21(30)29(20)27-22(13)28-7-5-19-17(12-28)9-16(10-25-19)18-11-24-15(3)26-14(18)2/h4,6,8-11H,5,7,12H2,1-3H3. The molecule has 4 aromatic rings. The van der Waals surface area contributed by atoms with Gasteiger partial charge in [0.1, 0.15) is 5.82 Å². The lowest BCUT2D eigenvalue weighted by Gasteiger charge is -2.30. The molecular formula is C22H21N7O. The van der Waals surface area contributed by atoms with E-state index in [1.54, 1.807) is 0 Å². The van der Waals surface area contributed by atoms with Gasteiger partial charge in [0, 0.05) is 66.7 Å². The van der Waals surface area contributed by atoms with Crippen molar-refractivity contribution >= 4 is 11.5 Å². The first kappa shape index (κ1) is 18.4. The lowest BCUT2D eigenvalue weighted by molar-refractivity contribution is 0.685. The molecule has 4 aromatic heterocycles. The SMILES string of the molecule is Cc1ncc(-c2cnc3c(c2)CN(c2nn4c(=O)ccnc4cc2C)CC3)c(C)n1. The first-order valence-electron chi connectivity index (χ1n) is 9.88. The predicted octanol–water partition coefficient (Wildman–Crippen LogP) is 2.43. The van der Waals surface area contributed by atoms with Gasteiger partial charge in [-0.3, -0.25) is 9.78 Å². The summed E-state index contributed by atoms with van der Waals surface area (Å²) < 4.78 is 1.36. The molecule has 30 heavy (non-hydrogen) atoms. The van der Waals surface area contributed by atoms with Gasteiger partial charge in [-0.05, 0) is 44.0 Å². The summed E-state index contributed by atoms with van der Waals surface area (Å²) in [5, 5.41) is 4.60. The number of hydrogen-bond donors (Lipinski definition) is 0. The molecule has 5 rings (SSSR count). The molecule has 8 nitrogen and oxygen atoms in total. The van der Waals surface area contributed by atoms with Crippen LogP contribution in [0.15, 0.2) is 41.6 Å². The number of pyridine rings is 1. The maximum absolute atomic E-state index is 12.2.